The highest BCUT2D eigenvalue weighted by Crippen LogP contribution is 2.46. The van der Waals surface area contributed by atoms with Gasteiger partial charge >= 0.3 is 0 Å². The molecule has 13 aromatic rings. The van der Waals surface area contributed by atoms with Crippen LogP contribution in [0.3, 0.4) is 0 Å². The molecule has 0 saturated carbocycles. The molecule has 0 atom stereocenters. The van der Waals surface area contributed by atoms with Crippen LogP contribution in [0.25, 0.3) is 117 Å². The molecule has 6 nitrogen and oxygen atoms in total. The Hall–Kier alpha value is -8.61. The van der Waals surface area contributed by atoms with Crippen molar-refractivity contribution in [3.05, 3.63) is 218 Å². The van der Waals surface area contributed by atoms with Crippen LogP contribution in [-0.2, 0) is 0 Å². The largest absolute Gasteiger partial charge is 0.309 e. The van der Waals surface area contributed by atoms with E-state index >= 15 is 0 Å². The van der Waals surface area contributed by atoms with Crippen LogP contribution >= 0.6 is 0 Å². The maximum Gasteiger partial charge on any atom is 0.238 e. The molecule has 0 spiro atoms. The van der Waals surface area contributed by atoms with Gasteiger partial charge in [0.15, 0.2) is 11.6 Å². The number of aromatic nitrogens is 6. The highest BCUT2D eigenvalue weighted by atomic mass is 15.2. The summed E-state index contributed by atoms with van der Waals surface area (Å²) in [6, 6.07) is 77.2. The number of benzene rings is 9. The van der Waals surface area contributed by atoms with Crippen LogP contribution in [0.15, 0.2) is 218 Å². The third-order valence-electron chi connectivity index (χ3n) is 12.5. The molecule has 0 saturated heterocycles. The van der Waals surface area contributed by atoms with Crippen molar-refractivity contribution >= 4 is 65.4 Å². The Balaban J connectivity index is 1.20. The Morgan fingerprint density at radius 2 is 0.651 bits per heavy atom. The Kier molecular flexibility index (Phi) is 7.80. The van der Waals surface area contributed by atoms with Gasteiger partial charge in [-0.05, 0) is 59.7 Å². The van der Waals surface area contributed by atoms with Gasteiger partial charge in [-0.25, -0.2) is 4.98 Å². The van der Waals surface area contributed by atoms with Gasteiger partial charge in [-0.15, -0.1) is 0 Å². The third-order valence-corrected chi connectivity index (χ3v) is 12.5. The Bertz CT molecular complexity index is 3870. The van der Waals surface area contributed by atoms with E-state index in [1.165, 1.54) is 10.8 Å². The summed E-state index contributed by atoms with van der Waals surface area (Å²) in [5.74, 6) is 1.77. The lowest BCUT2D eigenvalue weighted by atomic mass is 10.0. The van der Waals surface area contributed by atoms with Crippen molar-refractivity contribution in [3.8, 4) is 51.2 Å². The number of hydrogen-bond acceptors (Lipinski definition) is 3. The molecule has 63 heavy (non-hydrogen) atoms. The molecule has 0 amide bonds. The first-order valence-electron chi connectivity index (χ1n) is 21.3. The molecule has 4 aromatic heterocycles. The Morgan fingerprint density at radius 3 is 1.21 bits per heavy atom. The molecule has 4 heterocycles. The molecule has 6 heteroatoms. The number of nitrogens with zero attached hydrogens (tertiary/aromatic N) is 6. The average molecular weight is 805 g/mol. The molecule has 0 fully saturated rings. The second-order valence-corrected chi connectivity index (χ2v) is 16.0. The van der Waals surface area contributed by atoms with E-state index in [9.17, 15) is 0 Å². The third kappa shape index (κ3) is 5.41. The van der Waals surface area contributed by atoms with E-state index in [0.717, 1.165) is 88.3 Å². The molecule has 9 aromatic carbocycles. The summed E-state index contributed by atoms with van der Waals surface area (Å²) in [4.78, 5) is 16.0. The van der Waals surface area contributed by atoms with Gasteiger partial charge in [0, 0.05) is 54.8 Å². The fourth-order valence-electron chi connectivity index (χ4n) is 9.75. The molecule has 294 valence electrons. The fraction of sp³-hybridized carbons (Fsp3) is 0. The predicted molar refractivity (Wildman–Crippen MR) is 259 cm³/mol. The number of fused-ring (bicyclic) bond motifs is 11. The zero-order valence-corrected chi connectivity index (χ0v) is 34.0. The van der Waals surface area contributed by atoms with Crippen LogP contribution in [0.4, 0.5) is 0 Å². The lowest BCUT2D eigenvalue weighted by Gasteiger charge is -2.12. The Morgan fingerprint density at radius 1 is 0.254 bits per heavy atom. The van der Waals surface area contributed by atoms with Gasteiger partial charge in [-0.3, -0.25) is 4.57 Å². The summed E-state index contributed by atoms with van der Waals surface area (Å²) in [7, 11) is 0. The summed E-state index contributed by atoms with van der Waals surface area (Å²) in [6.07, 6.45) is 0. The van der Waals surface area contributed by atoms with E-state index < -0.39 is 0 Å². The zero-order chi connectivity index (χ0) is 41.4. The van der Waals surface area contributed by atoms with Gasteiger partial charge in [0.25, 0.3) is 0 Å². The second kappa shape index (κ2) is 14.0. The smallest absolute Gasteiger partial charge is 0.238 e. The fourth-order valence-corrected chi connectivity index (χ4v) is 9.75. The highest BCUT2D eigenvalue weighted by Gasteiger charge is 2.26. The second-order valence-electron chi connectivity index (χ2n) is 16.0. The van der Waals surface area contributed by atoms with Gasteiger partial charge in [0.1, 0.15) is 0 Å². The van der Waals surface area contributed by atoms with Crippen molar-refractivity contribution in [2.45, 2.75) is 0 Å². The highest BCUT2D eigenvalue weighted by molar-refractivity contribution is 6.33. The summed E-state index contributed by atoms with van der Waals surface area (Å²) < 4.78 is 7.15. The monoisotopic (exact) mass is 804 g/mol. The normalized spacial score (nSPS) is 11.8. The average Bonchev–Trinajstić information content (AvgIpc) is 4.01. The maximum absolute atomic E-state index is 5.42. The summed E-state index contributed by atoms with van der Waals surface area (Å²) in [5.41, 5.74) is 12.9. The summed E-state index contributed by atoms with van der Waals surface area (Å²) in [5, 5.41) is 6.95. The quantitative estimate of drug-likeness (QED) is 0.168. The van der Waals surface area contributed by atoms with Crippen molar-refractivity contribution < 1.29 is 0 Å². The standard InChI is InChI=1S/C57H36N6/c1-5-17-37(18-6-1)38-29-31-40(32-30-38)56-58-55(39-19-7-2-8-20-39)59-57(60-56)63-48-28-16-14-26-44(48)46-34-36-50-52(54(46)63)51-49(61(50)41-21-9-3-10-22-41)35-33-45-43-25-13-15-27-47(43)62(53(45)51)42-23-11-4-12-24-42/h1-36H. The van der Waals surface area contributed by atoms with Crippen molar-refractivity contribution in [1.82, 2.24) is 28.7 Å². The molecule has 0 aliphatic rings. The SMILES string of the molecule is c1ccc(-c2ccc(-c3nc(-c4ccccc4)nc(-n4c5ccccc5c5ccc6c(c7c(ccc8c9ccccc9n(-c9ccccc9)c87)n6-c6ccccc6)c54)n3)cc2)cc1. The molecule has 0 unspecified atom stereocenters. The predicted octanol–water partition coefficient (Wildman–Crippen LogP) is 14.2. The van der Waals surface area contributed by atoms with E-state index in [-0.39, 0.29) is 0 Å². The molecule has 0 bridgehead atoms. The van der Waals surface area contributed by atoms with Crippen LogP contribution in [-0.4, -0.2) is 28.7 Å². The number of rotatable bonds is 6. The minimum atomic E-state index is 0.557. The van der Waals surface area contributed by atoms with Crippen molar-refractivity contribution in [1.29, 1.82) is 0 Å². The van der Waals surface area contributed by atoms with E-state index in [2.05, 4.69) is 208 Å². The lowest BCUT2D eigenvalue weighted by Crippen LogP contribution is -2.06. The molecule has 0 N–H and O–H groups in total. The topological polar surface area (TPSA) is 53.5 Å². The minimum absolute atomic E-state index is 0.557. The summed E-state index contributed by atoms with van der Waals surface area (Å²) in [6.45, 7) is 0. The first-order chi connectivity index (χ1) is 31.3. The van der Waals surface area contributed by atoms with Crippen LogP contribution < -0.4 is 0 Å². The molecule has 0 radical (unpaired) electrons. The molecule has 0 aliphatic heterocycles. The van der Waals surface area contributed by atoms with Crippen LogP contribution in [0, 0.1) is 0 Å². The first-order valence-corrected chi connectivity index (χ1v) is 21.3. The van der Waals surface area contributed by atoms with Crippen LogP contribution in [0.1, 0.15) is 0 Å². The maximum atomic E-state index is 5.42. The van der Waals surface area contributed by atoms with E-state index in [4.69, 9.17) is 15.0 Å². The number of para-hydroxylation sites is 4. The first kappa shape index (κ1) is 35.2. The molecular formula is C57H36N6. The van der Waals surface area contributed by atoms with Gasteiger partial charge < -0.3 is 9.13 Å². The minimum Gasteiger partial charge on any atom is -0.309 e. The van der Waals surface area contributed by atoms with Gasteiger partial charge in [0.05, 0.1) is 33.1 Å². The van der Waals surface area contributed by atoms with Gasteiger partial charge in [0.2, 0.25) is 5.95 Å². The molecular weight excluding hydrogens is 769 g/mol. The molecule has 13 rings (SSSR count). The van der Waals surface area contributed by atoms with Crippen molar-refractivity contribution in [3.63, 3.8) is 0 Å². The zero-order valence-electron chi connectivity index (χ0n) is 34.0. The lowest BCUT2D eigenvalue weighted by molar-refractivity contribution is 0.955. The van der Waals surface area contributed by atoms with E-state index in [1.54, 1.807) is 0 Å². The van der Waals surface area contributed by atoms with Crippen LogP contribution in [0.2, 0.25) is 0 Å². The van der Waals surface area contributed by atoms with E-state index in [1.807, 2.05) is 24.3 Å². The van der Waals surface area contributed by atoms with Crippen molar-refractivity contribution in [2.24, 2.45) is 0 Å². The number of hydrogen-bond donors (Lipinski definition) is 0. The van der Waals surface area contributed by atoms with Crippen molar-refractivity contribution in [2.75, 3.05) is 0 Å². The van der Waals surface area contributed by atoms with E-state index in [0.29, 0.717) is 17.6 Å². The molecule has 0 aliphatic carbocycles. The Labute approximate surface area is 362 Å². The summed E-state index contributed by atoms with van der Waals surface area (Å²) >= 11 is 0. The van der Waals surface area contributed by atoms with Gasteiger partial charge in [-0.1, -0.05) is 170 Å². The van der Waals surface area contributed by atoms with Crippen LogP contribution in [0.5, 0.6) is 0 Å². The van der Waals surface area contributed by atoms with Gasteiger partial charge in [-0.2, -0.15) is 9.97 Å².